The zero-order valence-corrected chi connectivity index (χ0v) is 11.7. The Bertz CT molecular complexity index is 451. The molecule has 1 aromatic rings. The summed E-state index contributed by atoms with van der Waals surface area (Å²) in [5.74, 6) is 0.275. The number of nitrogens with zero attached hydrogens (tertiary/aromatic N) is 1. The van der Waals surface area contributed by atoms with Gasteiger partial charge in [0.2, 0.25) is 5.91 Å². The fourth-order valence-electron chi connectivity index (χ4n) is 1.48. The highest BCUT2D eigenvalue weighted by atomic mass is 16.5. The summed E-state index contributed by atoms with van der Waals surface area (Å²) in [6.07, 6.45) is 1.79. The van der Waals surface area contributed by atoms with Gasteiger partial charge in [-0.2, -0.15) is 0 Å². The van der Waals surface area contributed by atoms with Crippen molar-refractivity contribution in [2.45, 2.75) is 6.42 Å². The molecule has 7 nitrogen and oxygen atoms in total. The van der Waals surface area contributed by atoms with Gasteiger partial charge in [0.25, 0.3) is 5.91 Å². The van der Waals surface area contributed by atoms with Crippen LogP contribution in [0.25, 0.3) is 0 Å². The van der Waals surface area contributed by atoms with Crippen LogP contribution in [0.3, 0.4) is 0 Å². The van der Waals surface area contributed by atoms with Crippen molar-refractivity contribution in [2.24, 2.45) is 0 Å². The minimum atomic E-state index is -0.228. The molecule has 0 bridgehead atoms. The van der Waals surface area contributed by atoms with Crippen molar-refractivity contribution < 1.29 is 14.3 Å². The molecule has 0 aliphatic heterocycles. The lowest BCUT2D eigenvalue weighted by Gasteiger charge is -2.07. The number of carbonyl (C=O) groups excluding carboxylic acids is 2. The molecule has 0 saturated carbocycles. The predicted molar refractivity (Wildman–Crippen MR) is 75.6 cm³/mol. The highest BCUT2D eigenvalue weighted by molar-refractivity contribution is 5.95. The Labute approximate surface area is 118 Å². The second kappa shape index (κ2) is 8.87. The first-order valence-corrected chi connectivity index (χ1v) is 6.35. The summed E-state index contributed by atoms with van der Waals surface area (Å²) in [7, 11) is 3.30. The summed E-state index contributed by atoms with van der Waals surface area (Å²) >= 11 is 0. The first-order chi connectivity index (χ1) is 9.67. The Morgan fingerprint density at radius 3 is 2.80 bits per heavy atom. The lowest BCUT2D eigenvalue weighted by atomic mass is 10.2. The SMILES string of the molecule is CNc1cc(C(=O)NCCC(=O)NCCOC)ccn1. The molecule has 1 aromatic heterocycles. The van der Waals surface area contributed by atoms with Crippen LogP contribution < -0.4 is 16.0 Å². The van der Waals surface area contributed by atoms with Gasteiger partial charge < -0.3 is 20.7 Å². The van der Waals surface area contributed by atoms with Crippen molar-refractivity contribution in [1.29, 1.82) is 0 Å². The van der Waals surface area contributed by atoms with Crippen LogP contribution in [0.2, 0.25) is 0 Å². The van der Waals surface area contributed by atoms with Gasteiger partial charge in [0.05, 0.1) is 6.61 Å². The third-order valence-electron chi connectivity index (χ3n) is 2.54. The van der Waals surface area contributed by atoms with Crippen molar-refractivity contribution in [3.8, 4) is 0 Å². The van der Waals surface area contributed by atoms with Gasteiger partial charge in [-0.3, -0.25) is 9.59 Å². The molecule has 0 aliphatic rings. The maximum atomic E-state index is 11.8. The molecular formula is C13H20N4O3. The lowest BCUT2D eigenvalue weighted by molar-refractivity contribution is -0.121. The number of amides is 2. The van der Waals surface area contributed by atoms with Crippen LogP contribution in [-0.2, 0) is 9.53 Å². The molecule has 2 amide bonds. The standard InChI is InChI=1S/C13H20N4O3/c1-14-11-9-10(3-5-15-11)13(19)17-6-4-12(18)16-7-8-20-2/h3,5,9H,4,6-8H2,1-2H3,(H,14,15)(H,16,18)(H,17,19). The van der Waals surface area contributed by atoms with Gasteiger partial charge in [0, 0.05) is 45.4 Å². The molecule has 20 heavy (non-hydrogen) atoms. The molecule has 0 saturated heterocycles. The third-order valence-corrected chi connectivity index (χ3v) is 2.54. The van der Waals surface area contributed by atoms with E-state index in [1.807, 2.05) is 0 Å². The summed E-state index contributed by atoms with van der Waals surface area (Å²) in [6, 6.07) is 3.27. The van der Waals surface area contributed by atoms with E-state index in [4.69, 9.17) is 4.74 Å². The van der Waals surface area contributed by atoms with E-state index in [2.05, 4.69) is 20.9 Å². The molecule has 0 radical (unpaired) electrons. The van der Waals surface area contributed by atoms with Gasteiger partial charge >= 0.3 is 0 Å². The average Bonchev–Trinajstić information content (AvgIpc) is 2.47. The molecule has 0 fully saturated rings. The van der Waals surface area contributed by atoms with Gasteiger partial charge in [-0.15, -0.1) is 0 Å². The number of hydrogen-bond acceptors (Lipinski definition) is 5. The van der Waals surface area contributed by atoms with E-state index in [9.17, 15) is 9.59 Å². The largest absolute Gasteiger partial charge is 0.383 e. The van der Waals surface area contributed by atoms with E-state index >= 15 is 0 Å². The number of carbonyl (C=O) groups is 2. The van der Waals surface area contributed by atoms with Crippen molar-refractivity contribution in [3.63, 3.8) is 0 Å². The Morgan fingerprint density at radius 1 is 1.30 bits per heavy atom. The molecule has 0 aliphatic carbocycles. The molecule has 0 unspecified atom stereocenters. The molecular weight excluding hydrogens is 260 g/mol. The number of hydrogen-bond donors (Lipinski definition) is 3. The third kappa shape index (κ3) is 5.66. The minimum absolute atomic E-state index is 0.118. The van der Waals surface area contributed by atoms with Gasteiger partial charge in [-0.25, -0.2) is 4.98 Å². The average molecular weight is 280 g/mol. The van der Waals surface area contributed by atoms with E-state index in [1.165, 1.54) is 0 Å². The maximum Gasteiger partial charge on any atom is 0.251 e. The number of aromatic nitrogens is 1. The van der Waals surface area contributed by atoms with E-state index < -0.39 is 0 Å². The summed E-state index contributed by atoms with van der Waals surface area (Å²) in [6.45, 7) is 1.23. The van der Waals surface area contributed by atoms with Crippen molar-refractivity contribution in [1.82, 2.24) is 15.6 Å². The molecule has 1 rings (SSSR count). The quantitative estimate of drug-likeness (QED) is 0.583. The molecule has 1 heterocycles. The molecule has 0 spiro atoms. The number of ether oxygens (including phenoxy) is 1. The van der Waals surface area contributed by atoms with Crippen LogP contribution in [0.4, 0.5) is 5.82 Å². The molecule has 3 N–H and O–H groups in total. The smallest absolute Gasteiger partial charge is 0.251 e. The Morgan fingerprint density at radius 2 is 2.10 bits per heavy atom. The van der Waals surface area contributed by atoms with E-state index in [0.717, 1.165) is 0 Å². The van der Waals surface area contributed by atoms with E-state index in [0.29, 0.717) is 24.5 Å². The number of nitrogens with one attached hydrogen (secondary N) is 3. The lowest BCUT2D eigenvalue weighted by Crippen LogP contribution is -2.32. The number of anilines is 1. The van der Waals surface area contributed by atoms with Crippen LogP contribution >= 0.6 is 0 Å². The summed E-state index contributed by atoms with van der Waals surface area (Å²) in [4.78, 5) is 27.3. The Balaban J connectivity index is 2.30. The summed E-state index contributed by atoms with van der Waals surface area (Å²) in [5, 5.41) is 8.22. The maximum absolute atomic E-state index is 11.8. The Kier molecular flexibility index (Phi) is 7.05. The highest BCUT2D eigenvalue weighted by Crippen LogP contribution is 2.05. The predicted octanol–water partition coefficient (Wildman–Crippen LogP) is 0.00580. The van der Waals surface area contributed by atoms with Crippen molar-refractivity contribution >= 4 is 17.6 Å². The van der Waals surface area contributed by atoms with Crippen molar-refractivity contribution in [2.75, 3.05) is 39.2 Å². The first kappa shape index (κ1) is 15.9. The molecule has 0 aromatic carbocycles. The van der Waals surface area contributed by atoms with Gasteiger partial charge in [0.1, 0.15) is 5.82 Å². The fraction of sp³-hybridized carbons (Fsp3) is 0.462. The number of methoxy groups -OCH3 is 1. The molecule has 7 heteroatoms. The second-order valence-corrected chi connectivity index (χ2v) is 4.03. The number of rotatable bonds is 8. The zero-order valence-electron chi connectivity index (χ0n) is 11.7. The van der Waals surface area contributed by atoms with E-state index in [1.54, 1.807) is 32.5 Å². The second-order valence-electron chi connectivity index (χ2n) is 4.03. The van der Waals surface area contributed by atoms with Crippen LogP contribution in [0.1, 0.15) is 16.8 Å². The normalized spacial score (nSPS) is 9.90. The molecule has 110 valence electrons. The summed E-state index contributed by atoms with van der Waals surface area (Å²) in [5.41, 5.74) is 0.504. The van der Waals surface area contributed by atoms with Gasteiger partial charge in [-0.1, -0.05) is 0 Å². The monoisotopic (exact) mass is 280 g/mol. The topological polar surface area (TPSA) is 92.4 Å². The Hall–Kier alpha value is -2.15. The van der Waals surface area contributed by atoms with Gasteiger partial charge in [-0.05, 0) is 12.1 Å². The highest BCUT2D eigenvalue weighted by Gasteiger charge is 2.07. The van der Waals surface area contributed by atoms with Crippen LogP contribution in [0, 0.1) is 0 Å². The van der Waals surface area contributed by atoms with Crippen LogP contribution in [0.15, 0.2) is 18.3 Å². The molecule has 0 atom stereocenters. The fourth-order valence-corrected chi connectivity index (χ4v) is 1.48. The number of pyridine rings is 1. The zero-order chi connectivity index (χ0) is 14.8. The van der Waals surface area contributed by atoms with Crippen LogP contribution in [0.5, 0.6) is 0 Å². The van der Waals surface area contributed by atoms with Crippen molar-refractivity contribution in [3.05, 3.63) is 23.9 Å². The van der Waals surface area contributed by atoms with Gasteiger partial charge in [0.15, 0.2) is 0 Å². The minimum Gasteiger partial charge on any atom is -0.383 e. The van der Waals surface area contributed by atoms with E-state index in [-0.39, 0.29) is 24.8 Å². The van der Waals surface area contributed by atoms with Crippen LogP contribution in [-0.4, -0.2) is 50.7 Å². The first-order valence-electron chi connectivity index (χ1n) is 6.35. The summed E-state index contributed by atoms with van der Waals surface area (Å²) < 4.78 is 4.82.